The van der Waals surface area contributed by atoms with E-state index < -0.39 is 5.97 Å². The molecule has 1 aromatic heterocycles. The third kappa shape index (κ3) is 3.24. The normalized spacial score (nSPS) is 12.4. The molecular formula is C17H15NO6. The van der Waals surface area contributed by atoms with E-state index in [0.29, 0.717) is 34.3 Å². The Balaban J connectivity index is 1.66. The largest absolute Gasteiger partial charge is 0.465 e. The molecule has 0 bridgehead atoms. The average Bonchev–Trinajstić information content (AvgIpc) is 3.18. The summed E-state index contributed by atoms with van der Waals surface area (Å²) in [6.07, 6.45) is 2.78. The van der Waals surface area contributed by atoms with Crippen molar-refractivity contribution in [2.75, 3.05) is 19.2 Å². The summed E-state index contributed by atoms with van der Waals surface area (Å²) in [5.41, 5.74) is 0.910. The predicted octanol–water partition coefficient (Wildman–Crippen LogP) is 2.76. The number of carbonyl (C=O) groups excluding carboxylic acids is 2. The van der Waals surface area contributed by atoms with Gasteiger partial charge in [-0.25, -0.2) is 4.79 Å². The Bertz CT molecular complexity index is 820. The molecule has 0 saturated carbocycles. The molecule has 1 N–H and O–H groups in total. The van der Waals surface area contributed by atoms with Gasteiger partial charge in [0.25, 0.3) is 0 Å². The van der Waals surface area contributed by atoms with Gasteiger partial charge in [0, 0.05) is 17.8 Å². The Labute approximate surface area is 137 Å². The second-order valence-corrected chi connectivity index (χ2v) is 5.00. The van der Waals surface area contributed by atoms with Crippen LogP contribution in [0.5, 0.6) is 11.5 Å². The monoisotopic (exact) mass is 329 g/mol. The maximum absolute atomic E-state index is 12.0. The fraction of sp³-hybridized carbons (Fsp3) is 0.176. The SMILES string of the molecule is COC(=O)c1cc(/C=C/C(=O)Nc2ccc3c(c2)OCO3)oc1C. The van der Waals surface area contributed by atoms with E-state index in [2.05, 4.69) is 10.1 Å². The lowest BCUT2D eigenvalue weighted by atomic mass is 10.2. The smallest absolute Gasteiger partial charge is 0.341 e. The van der Waals surface area contributed by atoms with Gasteiger partial charge in [-0.05, 0) is 31.2 Å². The quantitative estimate of drug-likeness (QED) is 0.685. The van der Waals surface area contributed by atoms with Crippen molar-refractivity contribution in [2.45, 2.75) is 6.92 Å². The highest BCUT2D eigenvalue weighted by atomic mass is 16.7. The van der Waals surface area contributed by atoms with Crippen molar-refractivity contribution in [2.24, 2.45) is 0 Å². The van der Waals surface area contributed by atoms with Crippen LogP contribution in [-0.4, -0.2) is 25.8 Å². The Kier molecular flexibility index (Phi) is 4.24. The lowest BCUT2D eigenvalue weighted by molar-refractivity contribution is -0.111. The van der Waals surface area contributed by atoms with Crippen LogP contribution in [0, 0.1) is 6.92 Å². The topological polar surface area (TPSA) is 87.0 Å². The molecule has 2 aromatic rings. The number of anilines is 1. The van der Waals surface area contributed by atoms with Crippen LogP contribution in [0.3, 0.4) is 0 Å². The van der Waals surface area contributed by atoms with E-state index in [1.165, 1.54) is 25.3 Å². The van der Waals surface area contributed by atoms with Crippen LogP contribution in [0.25, 0.3) is 6.08 Å². The number of hydrogen-bond donors (Lipinski definition) is 1. The summed E-state index contributed by atoms with van der Waals surface area (Å²) in [6.45, 7) is 1.82. The standard InChI is InChI=1S/C17H15NO6/c1-10-13(17(20)21-2)8-12(24-10)4-6-16(19)18-11-3-5-14-15(7-11)23-9-22-14/h3-8H,9H2,1-2H3,(H,18,19)/b6-4+. The van der Waals surface area contributed by atoms with Crippen molar-refractivity contribution in [3.8, 4) is 11.5 Å². The van der Waals surface area contributed by atoms with E-state index in [1.807, 2.05) is 0 Å². The summed E-state index contributed by atoms with van der Waals surface area (Å²) >= 11 is 0. The first kappa shape index (κ1) is 15.7. The molecule has 3 rings (SSSR count). The Morgan fingerprint density at radius 3 is 2.79 bits per heavy atom. The minimum Gasteiger partial charge on any atom is -0.465 e. The molecule has 7 nitrogen and oxygen atoms in total. The molecular weight excluding hydrogens is 314 g/mol. The number of furan rings is 1. The number of hydrogen-bond acceptors (Lipinski definition) is 6. The summed E-state index contributed by atoms with van der Waals surface area (Å²) in [4.78, 5) is 23.5. The van der Waals surface area contributed by atoms with E-state index in [0.717, 1.165) is 0 Å². The van der Waals surface area contributed by atoms with Crippen molar-refractivity contribution >= 4 is 23.6 Å². The number of aryl methyl sites for hydroxylation is 1. The van der Waals surface area contributed by atoms with E-state index in [9.17, 15) is 9.59 Å². The maximum Gasteiger partial charge on any atom is 0.341 e. The molecule has 0 radical (unpaired) electrons. The van der Waals surface area contributed by atoms with Gasteiger partial charge in [-0.2, -0.15) is 0 Å². The highest BCUT2D eigenvalue weighted by Gasteiger charge is 2.15. The van der Waals surface area contributed by atoms with Crippen LogP contribution in [-0.2, 0) is 9.53 Å². The molecule has 0 spiro atoms. The number of ether oxygens (including phenoxy) is 3. The fourth-order valence-corrected chi connectivity index (χ4v) is 2.22. The minimum atomic E-state index is -0.485. The molecule has 0 saturated heterocycles. The van der Waals surface area contributed by atoms with E-state index in [4.69, 9.17) is 13.9 Å². The highest BCUT2D eigenvalue weighted by molar-refractivity contribution is 6.02. The predicted molar refractivity (Wildman–Crippen MR) is 85.0 cm³/mol. The van der Waals surface area contributed by atoms with Gasteiger partial charge in [-0.3, -0.25) is 4.79 Å². The fourth-order valence-electron chi connectivity index (χ4n) is 2.22. The molecule has 0 atom stereocenters. The van der Waals surface area contributed by atoms with Crippen molar-refractivity contribution in [1.29, 1.82) is 0 Å². The first-order chi connectivity index (χ1) is 11.6. The molecule has 0 aliphatic carbocycles. The van der Waals surface area contributed by atoms with Crippen LogP contribution in [0.1, 0.15) is 21.9 Å². The van der Waals surface area contributed by atoms with Crippen molar-refractivity contribution in [3.05, 3.63) is 47.4 Å². The van der Waals surface area contributed by atoms with Gasteiger partial charge in [0.1, 0.15) is 17.1 Å². The highest BCUT2D eigenvalue weighted by Crippen LogP contribution is 2.34. The average molecular weight is 329 g/mol. The van der Waals surface area contributed by atoms with Crippen molar-refractivity contribution < 1.29 is 28.2 Å². The molecule has 1 aliphatic heterocycles. The van der Waals surface area contributed by atoms with Gasteiger partial charge < -0.3 is 23.9 Å². The Morgan fingerprint density at radius 2 is 2.00 bits per heavy atom. The molecule has 1 amide bonds. The van der Waals surface area contributed by atoms with E-state index >= 15 is 0 Å². The van der Waals surface area contributed by atoms with Gasteiger partial charge in [-0.15, -0.1) is 0 Å². The van der Waals surface area contributed by atoms with Gasteiger partial charge in [0.2, 0.25) is 12.7 Å². The second kappa shape index (κ2) is 6.49. The third-order valence-electron chi connectivity index (χ3n) is 3.38. The number of rotatable bonds is 4. The van der Waals surface area contributed by atoms with Crippen molar-refractivity contribution in [3.63, 3.8) is 0 Å². The number of nitrogens with one attached hydrogen (secondary N) is 1. The number of methoxy groups -OCH3 is 1. The Morgan fingerprint density at radius 1 is 1.21 bits per heavy atom. The zero-order chi connectivity index (χ0) is 17.1. The minimum absolute atomic E-state index is 0.174. The number of amides is 1. The first-order valence-corrected chi connectivity index (χ1v) is 7.14. The maximum atomic E-state index is 12.0. The van der Waals surface area contributed by atoms with Crippen molar-refractivity contribution in [1.82, 2.24) is 0 Å². The van der Waals surface area contributed by atoms with Gasteiger partial charge in [0.05, 0.1) is 7.11 Å². The van der Waals surface area contributed by atoms with Gasteiger partial charge in [0.15, 0.2) is 11.5 Å². The molecule has 0 fully saturated rings. The van der Waals surface area contributed by atoms with Crippen LogP contribution in [0.4, 0.5) is 5.69 Å². The third-order valence-corrected chi connectivity index (χ3v) is 3.38. The molecule has 7 heteroatoms. The zero-order valence-electron chi connectivity index (χ0n) is 13.1. The summed E-state index contributed by atoms with van der Waals surface area (Å²) in [5.74, 6) is 1.21. The number of benzene rings is 1. The van der Waals surface area contributed by atoms with Gasteiger partial charge in [-0.1, -0.05) is 0 Å². The first-order valence-electron chi connectivity index (χ1n) is 7.14. The lowest BCUT2D eigenvalue weighted by Gasteiger charge is -2.03. The van der Waals surface area contributed by atoms with Crippen LogP contribution < -0.4 is 14.8 Å². The Hall–Kier alpha value is -3.22. The molecule has 1 aromatic carbocycles. The van der Waals surface area contributed by atoms with Crippen LogP contribution in [0.2, 0.25) is 0 Å². The number of fused-ring (bicyclic) bond motifs is 1. The molecule has 1 aliphatic rings. The number of carbonyl (C=O) groups is 2. The summed E-state index contributed by atoms with van der Waals surface area (Å²) < 4.78 is 20.5. The summed E-state index contributed by atoms with van der Waals surface area (Å²) in [6, 6.07) is 6.64. The van der Waals surface area contributed by atoms with E-state index in [1.54, 1.807) is 25.1 Å². The molecule has 0 unspecified atom stereocenters. The van der Waals surface area contributed by atoms with Crippen LogP contribution in [0.15, 0.2) is 34.8 Å². The molecule has 24 heavy (non-hydrogen) atoms. The zero-order valence-corrected chi connectivity index (χ0v) is 13.1. The van der Waals surface area contributed by atoms with Crippen LogP contribution >= 0.6 is 0 Å². The second-order valence-electron chi connectivity index (χ2n) is 5.00. The van der Waals surface area contributed by atoms with Gasteiger partial charge >= 0.3 is 5.97 Å². The molecule has 124 valence electrons. The summed E-state index contributed by atoms with van der Waals surface area (Å²) in [5, 5.41) is 2.70. The molecule has 2 heterocycles. The number of esters is 1. The lowest BCUT2D eigenvalue weighted by Crippen LogP contribution is -2.07. The van der Waals surface area contributed by atoms with E-state index in [-0.39, 0.29) is 12.7 Å². The summed E-state index contributed by atoms with van der Waals surface area (Å²) in [7, 11) is 1.29.